The molecule has 3 saturated heterocycles. The van der Waals surface area contributed by atoms with Crippen LogP contribution in [-0.4, -0.2) is 77.0 Å². The Morgan fingerprint density at radius 3 is 2.73 bits per heavy atom. The molecular formula is C32H40N2O7. The first kappa shape index (κ1) is 28.2. The summed E-state index contributed by atoms with van der Waals surface area (Å²) < 4.78 is 22.9. The summed E-state index contributed by atoms with van der Waals surface area (Å²) in [5, 5.41) is 21.0. The summed E-state index contributed by atoms with van der Waals surface area (Å²) in [5.41, 5.74) is 4.76. The molecule has 0 saturated carbocycles. The first-order chi connectivity index (χ1) is 19.8. The molecule has 3 fully saturated rings. The number of hydrogen-bond donors (Lipinski definition) is 3. The van der Waals surface area contributed by atoms with Crippen LogP contribution in [0.4, 0.5) is 0 Å². The Morgan fingerprint density at radius 2 is 2.00 bits per heavy atom. The number of aromatic nitrogens is 1. The highest BCUT2D eigenvalue weighted by atomic mass is 16.7. The third-order valence-electron chi connectivity index (χ3n) is 9.21. The van der Waals surface area contributed by atoms with Crippen molar-refractivity contribution in [3.8, 4) is 5.75 Å². The molecule has 5 unspecified atom stereocenters. The summed E-state index contributed by atoms with van der Waals surface area (Å²) in [6.45, 7) is 5.60. The first-order valence-electron chi connectivity index (χ1n) is 14.6. The van der Waals surface area contributed by atoms with Crippen molar-refractivity contribution >= 4 is 16.9 Å². The van der Waals surface area contributed by atoms with Gasteiger partial charge < -0.3 is 34.1 Å². The number of H-pyrrole nitrogens is 1. The van der Waals surface area contributed by atoms with Gasteiger partial charge in [-0.25, -0.2) is 4.79 Å². The quantitative estimate of drug-likeness (QED) is 0.350. The van der Waals surface area contributed by atoms with Crippen LogP contribution in [-0.2, 0) is 26.3 Å². The zero-order valence-corrected chi connectivity index (χ0v) is 24.0. The molecule has 6 atom stereocenters. The number of aryl methyl sites for hydroxylation is 1. The van der Waals surface area contributed by atoms with Crippen molar-refractivity contribution in [2.24, 2.45) is 0 Å². The molecule has 1 aromatic heterocycles. The van der Waals surface area contributed by atoms with Gasteiger partial charge in [0.25, 0.3) is 0 Å². The van der Waals surface area contributed by atoms with E-state index < -0.39 is 24.5 Å². The highest BCUT2D eigenvalue weighted by Crippen LogP contribution is 2.52. The molecule has 0 amide bonds. The number of nitrogens with zero attached hydrogens (tertiary/aromatic N) is 1. The number of ether oxygens (including phenoxy) is 4. The monoisotopic (exact) mass is 564 g/mol. The number of esters is 1. The molecule has 3 N–H and O–H groups in total. The number of carbonyl (C=O) groups is 1. The van der Waals surface area contributed by atoms with Gasteiger partial charge in [0.1, 0.15) is 11.9 Å². The minimum absolute atomic E-state index is 0.0231. The second kappa shape index (κ2) is 11.4. The van der Waals surface area contributed by atoms with E-state index in [9.17, 15) is 15.0 Å². The molecule has 3 aromatic rings. The van der Waals surface area contributed by atoms with Crippen molar-refractivity contribution < 1.29 is 34.0 Å². The Kier molecular flexibility index (Phi) is 7.82. The number of fused-ring (bicyclic) bond motifs is 3. The van der Waals surface area contributed by atoms with E-state index in [1.807, 2.05) is 18.3 Å². The third kappa shape index (κ3) is 5.15. The number of aromatic amines is 1. The molecular weight excluding hydrogens is 524 g/mol. The number of hydrogen-bond acceptors (Lipinski definition) is 8. The molecule has 9 heteroatoms. The number of carbonyl (C=O) groups excluding carboxylic acids is 1. The van der Waals surface area contributed by atoms with Crippen molar-refractivity contribution in [2.75, 3.05) is 20.3 Å². The van der Waals surface area contributed by atoms with Crippen molar-refractivity contribution in [3.05, 3.63) is 64.8 Å². The summed E-state index contributed by atoms with van der Waals surface area (Å²) in [6, 6.07) is 12.3. The fourth-order valence-electron chi connectivity index (χ4n) is 7.28. The summed E-state index contributed by atoms with van der Waals surface area (Å²) in [5.74, 6) is 0.333. The average molecular weight is 565 g/mol. The lowest BCUT2D eigenvalue weighted by Crippen LogP contribution is -2.52. The molecule has 3 aliphatic heterocycles. The summed E-state index contributed by atoms with van der Waals surface area (Å²) in [4.78, 5) is 18.9. The first-order valence-corrected chi connectivity index (χ1v) is 14.6. The van der Waals surface area contributed by atoms with Crippen molar-refractivity contribution in [1.82, 2.24) is 9.88 Å². The lowest BCUT2D eigenvalue weighted by atomic mass is 9.79. The van der Waals surface area contributed by atoms with Gasteiger partial charge in [-0.15, -0.1) is 0 Å². The maximum atomic E-state index is 12.9. The Bertz CT molecular complexity index is 1390. The highest BCUT2D eigenvalue weighted by molar-refractivity contribution is 5.89. The molecule has 2 aromatic carbocycles. The van der Waals surface area contributed by atoms with Gasteiger partial charge >= 0.3 is 5.97 Å². The van der Waals surface area contributed by atoms with Crippen molar-refractivity contribution in [3.63, 3.8) is 0 Å². The molecule has 2 bridgehead atoms. The van der Waals surface area contributed by atoms with Crippen LogP contribution < -0.4 is 4.74 Å². The topological polar surface area (TPSA) is 113 Å². The standard InChI is InChI=1S/C32H40N2O7/c1-4-39-24-14-22-9-11-32(16-24,34(22)17-26-25-10-12-33-29(25)19(2)13-28(26)38-3)21-7-5-20(6-8-21)30(37)41-31-27(36)15-23(35)18-40-31/h5-8,10,12-13,22-24,27,31,33,35-36H,4,9,11,14-18H2,1-3H3/t22?,23?,24?,27?,31?,32-/m1/s1. The van der Waals surface area contributed by atoms with Gasteiger partial charge in [0.05, 0.1) is 31.5 Å². The molecule has 0 radical (unpaired) electrons. The van der Waals surface area contributed by atoms with Crippen LogP contribution in [0.3, 0.4) is 0 Å². The summed E-state index contributed by atoms with van der Waals surface area (Å²) >= 11 is 0. The maximum Gasteiger partial charge on any atom is 0.340 e. The Labute approximate surface area is 240 Å². The van der Waals surface area contributed by atoms with E-state index in [2.05, 4.69) is 35.9 Å². The largest absolute Gasteiger partial charge is 0.496 e. The molecule has 6 rings (SSSR count). The van der Waals surface area contributed by atoms with Gasteiger partial charge in [-0.3, -0.25) is 4.90 Å². The van der Waals surface area contributed by atoms with Crippen LogP contribution in [0.1, 0.15) is 66.1 Å². The van der Waals surface area contributed by atoms with Crippen molar-refractivity contribution in [2.45, 2.75) is 88.7 Å². The van der Waals surface area contributed by atoms with Crippen LogP contribution in [0.2, 0.25) is 0 Å². The van der Waals surface area contributed by atoms with Crippen molar-refractivity contribution in [1.29, 1.82) is 0 Å². The number of aliphatic hydroxyl groups excluding tert-OH is 2. The minimum Gasteiger partial charge on any atom is -0.496 e. The highest BCUT2D eigenvalue weighted by Gasteiger charge is 2.53. The number of benzene rings is 2. The number of piperidine rings is 1. The molecule has 0 aliphatic carbocycles. The fraction of sp³-hybridized carbons (Fsp3) is 0.531. The third-order valence-corrected chi connectivity index (χ3v) is 9.21. The normalized spacial score (nSPS) is 30.0. The Hall–Kier alpha value is -2.95. The van der Waals surface area contributed by atoms with Gasteiger partial charge in [0.2, 0.25) is 6.29 Å². The summed E-state index contributed by atoms with van der Waals surface area (Å²) in [6.07, 6.45) is 3.28. The predicted molar refractivity (Wildman–Crippen MR) is 153 cm³/mol. The van der Waals surface area contributed by atoms with Gasteiger partial charge in [-0.2, -0.15) is 0 Å². The molecule has 3 aliphatic rings. The number of rotatable bonds is 8. The van der Waals surface area contributed by atoms with Crippen LogP contribution in [0.15, 0.2) is 42.6 Å². The van der Waals surface area contributed by atoms with E-state index in [0.29, 0.717) is 18.2 Å². The van der Waals surface area contributed by atoms with Crippen LogP contribution in [0, 0.1) is 6.92 Å². The van der Waals surface area contributed by atoms with E-state index in [1.54, 1.807) is 19.2 Å². The van der Waals surface area contributed by atoms with Gasteiger partial charge in [-0.1, -0.05) is 12.1 Å². The van der Waals surface area contributed by atoms with Crippen LogP contribution in [0.25, 0.3) is 10.9 Å². The predicted octanol–water partition coefficient (Wildman–Crippen LogP) is 4.17. The lowest BCUT2D eigenvalue weighted by molar-refractivity contribution is -0.212. The molecule has 41 heavy (non-hydrogen) atoms. The van der Waals surface area contributed by atoms with Gasteiger partial charge in [0.15, 0.2) is 0 Å². The Morgan fingerprint density at radius 1 is 1.20 bits per heavy atom. The van der Waals surface area contributed by atoms with E-state index in [-0.39, 0.29) is 24.7 Å². The lowest BCUT2D eigenvalue weighted by Gasteiger charge is -2.48. The second-order valence-corrected chi connectivity index (χ2v) is 11.7. The number of aliphatic hydroxyl groups is 2. The maximum absolute atomic E-state index is 12.9. The average Bonchev–Trinajstić information content (AvgIpc) is 3.53. The van der Waals surface area contributed by atoms with E-state index >= 15 is 0 Å². The zero-order valence-electron chi connectivity index (χ0n) is 24.0. The Balaban J connectivity index is 1.30. The molecule has 0 spiro atoms. The zero-order chi connectivity index (χ0) is 28.7. The number of nitrogens with one attached hydrogen (secondary N) is 1. The molecule has 220 valence electrons. The number of methoxy groups -OCH3 is 1. The van der Waals surface area contributed by atoms with Crippen LogP contribution >= 0.6 is 0 Å². The van der Waals surface area contributed by atoms with E-state index in [1.165, 1.54) is 10.9 Å². The molecule has 4 heterocycles. The van der Waals surface area contributed by atoms with Gasteiger partial charge in [-0.05, 0) is 74.9 Å². The van der Waals surface area contributed by atoms with E-state index in [0.717, 1.165) is 54.6 Å². The smallest absolute Gasteiger partial charge is 0.340 e. The minimum atomic E-state index is -1.09. The van der Waals surface area contributed by atoms with Gasteiger partial charge in [0, 0.05) is 53.8 Å². The second-order valence-electron chi connectivity index (χ2n) is 11.7. The fourth-order valence-corrected chi connectivity index (χ4v) is 7.28. The molecule has 9 nitrogen and oxygen atoms in total. The van der Waals surface area contributed by atoms with E-state index in [4.69, 9.17) is 18.9 Å². The summed E-state index contributed by atoms with van der Waals surface area (Å²) in [7, 11) is 1.74. The van der Waals surface area contributed by atoms with Crippen LogP contribution in [0.5, 0.6) is 5.75 Å². The SMILES string of the molecule is CCOC1CC2CC[C@](c3ccc(C(=O)OC4OCC(O)CC4O)cc3)(C1)N2Cc1c(OC)cc(C)c2[nH]ccc12.